The fraction of sp³-hybridized carbons (Fsp3) is 0.200. The van der Waals surface area contributed by atoms with E-state index in [-0.39, 0.29) is 12.4 Å². The molecule has 0 aliphatic carbocycles. The summed E-state index contributed by atoms with van der Waals surface area (Å²) in [5, 5.41) is 0.962. The maximum Gasteiger partial charge on any atom is 0.275 e. The summed E-state index contributed by atoms with van der Waals surface area (Å²) in [5.74, 6) is 1.24. The normalized spacial score (nSPS) is 12.9. The van der Waals surface area contributed by atoms with Gasteiger partial charge in [-0.05, 0) is 31.2 Å². The van der Waals surface area contributed by atoms with Crippen LogP contribution in [0, 0.1) is 0 Å². The SMILES string of the molecule is NCCCn1cc(-c2nc3cc4c(cc3[nH]c2=O)OCO4)c2cc(Br)ccc21. The van der Waals surface area contributed by atoms with E-state index in [1.807, 2.05) is 24.4 Å². The average Bonchev–Trinajstić information content (AvgIpc) is 3.27. The quantitative estimate of drug-likeness (QED) is 0.507. The highest BCUT2D eigenvalue weighted by molar-refractivity contribution is 9.10. The first kappa shape index (κ1) is 17.3. The van der Waals surface area contributed by atoms with Gasteiger partial charge in [-0.15, -0.1) is 0 Å². The van der Waals surface area contributed by atoms with E-state index in [4.69, 9.17) is 15.2 Å². The number of aromatic nitrogens is 3. The van der Waals surface area contributed by atoms with Crippen LogP contribution in [0.5, 0.6) is 11.5 Å². The number of halogens is 1. The zero-order valence-electron chi connectivity index (χ0n) is 14.9. The Morgan fingerprint density at radius 3 is 2.86 bits per heavy atom. The minimum absolute atomic E-state index is 0.172. The largest absolute Gasteiger partial charge is 0.454 e. The third-order valence-corrected chi connectivity index (χ3v) is 5.38. The molecular formula is C20H17BrN4O3. The molecule has 28 heavy (non-hydrogen) atoms. The molecule has 4 aromatic rings. The predicted octanol–water partition coefficient (Wildman–Crippen LogP) is 3.38. The Hall–Kier alpha value is -2.84. The Morgan fingerprint density at radius 2 is 2.04 bits per heavy atom. The van der Waals surface area contributed by atoms with Gasteiger partial charge in [0.15, 0.2) is 11.5 Å². The van der Waals surface area contributed by atoms with Gasteiger partial charge in [0.1, 0.15) is 5.69 Å². The molecule has 0 saturated heterocycles. The van der Waals surface area contributed by atoms with Crippen LogP contribution in [0.15, 0.2) is 45.8 Å². The van der Waals surface area contributed by atoms with Gasteiger partial charge < -0.3 is 24.8 Å². The van der Waals surface area contributed by atoms with Gasteiger partial charge in [-0.25, -0.2) is 4.98 Å². The Bertz CT molecular complexity index is 1280. The number of hydrogen-bond donors (Lipinski definition) is 2. The van der Waals surface area contributed by atoms with Crippen LogP contribution in [-0.2, 0) is 6.54 Å². The molecule has 7 nitrogen and oxygen atoms in total. The lowest BCUT2D eigenvalue weighted by molar-refractivity contribution is 0.174. The van der Waals surface area contributed by atoms with Crippen molar-refractivity contribution in [1.29, 1.82) is 0 Å². The van der Waals surface area contributed by atoms with Gasteiger partial charge in [-0.1, -0.05) is 15.9 Å². The molecule has 5 rings (SSSR count). The van der Waals surface area contributed by atoms with Crippen LogP contribution < -0.4 is 20.8 Å². The summed E-state index contributed by atoms with van der Waals surface area (Å²) in [7, 11) is 0. The minimum atomic E-state index is -0.246. The van der Waals surface area contributed by atoms with Gasteiger partial charge in [-0.3, -0.25) is 4.79 Å². The minimum Gasteiger partial charge on any atom is -0.454 e. The number of aryl methyl sites for hydroxylation is 1. The maximum absolute atomic E-state index is 12.9. The van der Waals surface area contributed by atoms with Crippen LogP contribution in [-0.4, -0.2) is 27.9 Å². The van der Waals surface area contributed by atoms with E-state index in [0.717, 1.165) is 33.9 Å². The van der Waals surface area contributed by atoms with E-state index in [1.165, 1.54) is 0 Å². The molecule has 0 bridgehead atoms. The second-order valence-corrected chi connectivity index (χ2v) is 7.59. The third kappa shape index (κ3) is 2.76. The molecule has 3 N–H and O–H groups in total. The van der Waals surface area contributed by atoms with Gasteiger partial charge in [0.05, 0.1) is 11.0 Å². The highest BCUT2D eigenvalue weighted by Crippen LogP contribution is 2.36. The number of aromatic amines is 1. The van der Waals surface area contributed by atoms with E-state index in [9.17, 15) is 4.79 Å². The molecule has 0 unspecified atom stereocenters. The number of nitrogens with zero attached hydrogens (tertiary/aromatic N) is 2. The van der Waals surface area contributed by atoms with E-state index in [2.05, 4.69) is 30.5 Å². The molecule has 8 heteroatoms. The van der Waals surface area contributed by atoms with E-state index in [0.29, 0.717) is 34.8 Å². The number of nitrogens with one attached hydrogen (secondary N) is 1. The number of rotatable bonds is 4. The lowest BCUT2D eigenvalue weighted by Gasteiger charge is -2.04. The molecule has 1 aliphatic rings. The maximum atomic E-state index is 12.9. The Morgan fingerprint density at radius 1 is 1.21 bits per heavy atom. The lowest BCUT2D eigenvalue weighted by Crippen LogP contribution is -2.11. The lowest BCUT2D eigenvalue weighted by atomic mass is 10.1. The van der Waals surface area contributed by atoms with Crippen molar-refractivity contribution in [3.05, 3.63) is 51.4 Å². The number of ether oxygens (including phenoxy) is 2. The van der Waals surface area contributed by atoms with Crippen molar-refractivity contribution in [1.82, 2.24) is 14.5 Å². The summed E-state index contributed by atoms with van der Waals surface area (Å²) in [6.45, 7) is 1.55. The number of benzene rings is 2. The first-order valence-electron chi connectivity index (χ1n) is 8.96. The summed E-state index contributed by atoms with van der Waals surface area (Å²) >= 11 is 3.53. The van der Waals surface area contributed by atoms with Gasteiger partial charge in [0.2, 0.25) is 6.79 Å². The van der Waals surface area contributed by atoms with E-state index < -0.39 is 0 Å². The molecule has 142 valence electrons. The summed E-state index contributed by atoms with van der Waals surface area (Å²) < 4.78 is 13.9. The smallest absolute Gasteiger partial charge is 0.275 e. The average molecular weight is 441 g/mol. The second-order valence-electron chi connectivity index (χ2n) is 6.68. The molecule has 0 atom stereocenters. The van der Waals surface area contributed by atoms with Gasteiger partial charge >= 0.3 is 0 Å². The predicted molar refractivity (Wildman–Crippen MR) is 111 cm³/mol. The van der Waals surface area contributed by atoms with Crippen LogP contribution in [0.2, 0.25) is 0 Å². The van der Waals surface area contributed by atoms with Crippen molar-refractivity contribution in [3.63, 3.8) is 0 Å². The van der Waals surface area contributed by atoms with Crippen molar-refractivity contribution in [2.45, 2.75) is 13.0 Å². The zero-order valence-corrected chi connectivity index (χ0v) is 16.5. The van der Waals surface area contributed by atoms with Crippen molar-refractivity contribution < 1.29 is 9.47 Å². The molecule has 0 amide bonds. The zero-order chi connectivity index (χ0) is 19.3. The van der Waals surface area contributed by atoms with Crippen molar-refractivity contribution in [2.24, 2.45) is 5.73 Å². The van der Waals surface area contributed by atoms with Gasteiger partial charge in [0.25, 0.3) is 5.56 Å². The molecule has 0 spiro atoms. The molecular weight excluding hydrogens is 424 g/mol. The van der Waals surface area contributed by atoms with Crippen LogP contribution >= 0.6 is 15.9 Å². The van der Waals surface area contributed by atoms with Crippen molar-refractivity contribution in [2.75, 3.05) is 13.3 Å². The van der Waals surface area contributed by atoms with Crippen LogP contribution in [0.3, 0.4) is 0 Å². The summed E-state index contributed by atoms with van der Waals surface area (Å²) in [5.41, 5.74) is 8.91. The van der Waals surface area contributed by atoms with Crippen LogP contribution in [0.4, 0.5) is 0 Å². The van der Waals surface area contributed by atoms with E-state index >= 15 is 0 Å². The van der Waals surface area contributed by atoms with Gasteiger partial charge in [0, 0.05) is 45.8 Å². The molecule has 0 fully saturated rings. The second kappa shape index (κ2) is 6.65. The molecule has 0 radical (unpaired) electrons. The molecule has 2 aromatic carbocycles. The molecule has 1 aliphatic heterocycles. The molecule has 3 heterocycles. The molecule has 2 aromatic heterocycles. The first-order chi connectivity index (χ1) is 13.6. The fourth-order valence-corrected chi connectivity index (χ4v) is 3.92. The highest BCUT2D eigenvalue weighted by Gasteiger charge is 2.19. The topological polar surface area (TPSA) is 95.2 Å². The summed E-state index contributed by atoms with van der Waals surface area (Å²) in [6, 6.07) is 9.57. The highest BCUT2D eigenvalue weighted by atomic mass is 79.9. The summed E-state index contributed by atoms with van der Waals surface area (Å²) in [6.07, 6.45) is 2.83. The third-order valence-electron chi connectivity index (χ3n) is 4.89. The monoisotopic (exact) mass is 440 g/mol. The first-order valence-corrected chi connectivity index (χ1v) is 9.76. The Kier molecular flexibility index (Phi) is 4.10. The Balaban J connectivity index is 1.74. The number of H-pyrrole nitrogens is 1. The van der Waals surface area contributed by atoms with Gasteiger partial charge in [-0.2, -0.15) is 0 Å². The van der Waals surface area contributed by atoms with Crippen LogP contribution in [0.1, 0.15) is 6.42 Å². The molecule has 0 saturated carbocycles. The Labute approximate surface area is 168 Å². The van der Waals surface area contributed by atoms with E-state index in [1.54, 1.807) is 12.1 Å². The van der Waals surface area contributed by atoms with Crippen molar-refractivity contribution >= 4 is 37.9 Å². The van der Waals surface area contributed by atoms with Crippen LogP contribution in [0.25, 0.3) is 33.2 Å². The fourth-order valence-electron chi connectivity index (χ4n) is 3.56. The number of hydrogen-bond acceptors (Lipinski definition) is 5. The standard InChI is InChI=1S/C20H17BrN4O3/c21-11-2-3-16-12(6-11)13(9-25(16)5-1-4-22)19-20(26)24-15-8-18-17(27-10-28-18)7-14(15)23-19/h2-3,6-9H,1,4-5,10,22H2,(H,24,26). The van der Waals surface area contributed by atoms with Crippen molar-refractivity contribution in [3.8, 4) is 22.8 Å². The number of fused-ring (bicyclic) bond motifs is 3. The summed E-state index contributed by atoms with van der Waals surface area (Å²) in [4.78, 5) is 20.4. The number of nitrogens with two attached hydrogens (primary N) is 1.